The molecule has 0 radical (unpaired) electrons. The van der Waals surface area contributed by atoms with Crippen LogP contribution in [0.25, 0.3) is 0 Å². The second kappa shape index (κ2) is 7.18. The number of nitrogens with one attached hydrogen (secondary N) is 1. The monoisotopic (exact) mass is 255 g/mol. The van der Waals surface area contributed by atoms with Crippen molar-refractivity contribution in [2.75, 3.05) is 26.4 Å². The maximum atomic E-state index is 11.8. The highest BCUT2D eigenvalue weighted by atomic mass is 19.4. The van der Waals surface area contributed by atoms with Crippen LogP contribution in [-0.4, -0.2) is 44.7 Å². The first-order chi connectivity index (χ1) is 7.99. The SMILES string of the molecule is CC(NCCOCCC(F)(F)F)C1CCCO1. The van der Waals surface area contributed by atoms with Crippen molar-refractivity contribution in [1.29, 1.82) is 0 Å². The van der Waals surface area contributed by atoms with E-state index in [1.54, 1.807) is 0 Å². The van der Waals surface area contributed by atoms with E-state index in [2.05, 4.69) is 5.32 Å². The molecule has 0 aromatic rings. The molecule has 1 N–H and O–H groups in total. The zero-order chi connectivity index (χ0) is 12.7. The third-order valence-corrected chi connectivity index (χ3v) is 2.77. The summed E-state index contributed by atoms with van der Waals surface area (Å²) in [6.07, 6.45) is -2.65. The minimum Gasteiger partial charge on any atom is -0.380 e. The number of hydrogen-bond acceptors (Lipinski definition) is 3. The van der Waals surface area contributed by atoms with Gasteiger partial charge in [0.1, 0.15) is 0 Å². The van der Waals surface area contributed by atoms with Gasteiger partial charge in [0.15, 0.2) is 0 Å². The average Bonchev–Trinajstić information content (AvgIpc) is 2.74. The van der Waals surface area contributed by atoms with Crippen molar-refractivity contribution in [1.82, 2.24) is 5.32 Å². The van der Waals surface area contributed by atoms with E-state index in [-0.39, 0.29) is 18.8 Å². The van der Waals surface area contributed by atoms with Crippen LogP contribution in [0.5, 0.6) is 0 Å². The van der Waals surface area contributed by atoms with Crippen molar-refractivity contribution in [2.45, 2.75) is 44.5 Å². The molecular weight excluding hydrogens is 235 g/mol. The molecule has 0 saturated carbocycles. The molecule has 0 aromatic carbocycles. The molecule has 3 nitrogen and oxygen atoms in total. The molecule has 1 fully saturated rings. The minimum atomic E-state index is -4.13. The van der Waals surface area contributed by atoms with Crippen LogP contribution >= 0.6 is 0 Å². The van der Waals surface area contributed by atoms with Gasteiger partial charge in [-0.05, 0) is 19.8 Å². The minimum absolute atomic E-state index is 0.226. The van der Waals surface area contributed by atoms with Crippen LogP contribution in [0.3, 0.4) is 0 Å². The summed E-state index contributed by atoms with van der Waals surface area (Å²) in [6, 6.07) is 0.226. The van der Waals surface area contributed by atoms with Crippen molar-refractivity contribution in [3.63, 3.8) is 0 Å². The Balaban J connectivity index is 1.93. The fourth-order valence-electron chi connectivity index (χ4n) is 1.78. The number of hydrogen-bond donors (Lipinski definition) is 1. The molecule has 0 bridgehead atoms. The third-order valence-electron chi connectivity index (χ3n) is 2.77. The topological polar surface area (TPSA) is 30.5 Å². The number of ether oxygens (including phenoxy) is 2. The molecule has 0 spiro atoms. The second-order valence-electron chi connectivity index (χ2n) is 4.27. The van der Waals surface area contributed by atoms with Crippen molar-refractivity contribution in [3.05, 3.63) is 0 Å². The van der Waals surface area contributed by atoms with E-state index in [9.17, 15) is 13.2 Å². The Morgan fingerprint density at radius 2 is 2.18 bits per heavy atom. The molecule has 102 valence electrons. The predicted octanol–water partition coefficient (Wildman–Crippen LogP) is 2.11. The first-order valence-electron chi connectivity index (χ1n) is 5.98. The van der Waals surface area contributed by atoms with Crippen LogP contribution < -0.4 is 5.32 Å². The maximum Gasteiger partial charge on any atom is 0.391 e. The van der Waals surface area contributed by atoms with Crippen molar-refractivity contribution in [3.8, 4) is 0 Å². The molecule has 1 aliphatic rings. The number of halogens is 3. The van der Waals surface area contributed by atoms with Crippen LogP contribution in [0.2, 0.25) is 0 Å². The zero-order valence-corrected chi connectivity index (χ0v) is 10.1. The van der Waals surface area contributed by atoms with E-state index < -0.39 is 12.6 Å². The standard InChI is InChI=1S/C11H20F3NO2/c1-9(10-3-2-6-17-10)15-5-8-16-7-4-11(12,13)14/h9-10,15H,2-8H2,1H3. The second-order valence-corrected chi connectivity index (χ2v) is 4.27. The highest BCUT2D eigenvalue weighted by Gasteiger charge is 2.26. The summed E-state index contributed by atoms with van der Waals surface area (Å²) in [5.74, 6) is 0. The van der Waals surface area contributed by atoms with Crippen LogP contribution in [-0.2, 0) is 9.47 Å². The van der Waals surface area contributed by atoms with Crippen LogP contribution in [0.15, 0.2) is 0 Å². The van der Waals surface area contributed by atoms with Gasteiger partial charge in [-0.15, -0.1) is 0 Å². The van der Waals surface area contributed by atoms with Crippen LogP contribution in [0.1, 0.15) is 26.2 Å². The lowest BCUT2D eigenvalue weighted by molar-refractivity contribution is -0.145. The maximum absolute atomic E-state index is 11.8. The molecule has 1 saturated heterocycles. The van der Waals surface area contributed by atoms with Gasteiger partial charge in [0.2, 0.25) is 0 Å². The Labute approximate surface area is 99.7 Å². The van der Waals surface area contributed by atoms with E-state index in [1.165, 1.54) is 0 Å². The van der Waals surface area contributed by atoms with Gasteiger partial charge in [-0.25, -0.2) is 0 Å². The first-order valence-corrected chi connectivity index (χ1v) is 5.98. The Hall–Kier alpha value is -0.330. The molecule has 1 heterocycles. The van der Waals surface area contributed by atoms with E-state index >= 15 is 0 Å². The highest BCUT2D eigenvalue weighted by Crippen LogP contribution is 2.18. The highest BCUT2D eigenvalue weighted by molar-refractivity contribution is 4.76. The third kappa shape index (κ3) is 6.85. The summed E-state index contributed by atoms with van der Waals surface area (Å²) >= 11 is 0. The molecule has 0 aromatic heterocycles. The molecule has 1 rings (SSSR count). The summed E-state index contributed by atoms with van der Waals surface area (Å²) in [5.41, 5.74) is 0. The van der Waals surface area contributed by atoms with E-state index in [1.807, 2.05) is 6.92 Å². The van der Waals surface area contributed by atoms with E-state index in [0.29, 0.717) is 13.2 Å². The normalized spacial score (nSPS) is 22.9. The Bertz CT molecular complexity index is 205. The molecule has 2 atom stereocenters. The molecule has 0 aliphatic carbocycles. The molecule has 17 heavy (non-hydrogen) atoms. The lowest BCUT2D eigenvalue weighted by Crippen LogP contribution is -2.38. The summed E-state index contributed by atoms with van der Waals surface area (Å²) in [7, 11) is 0. The summed E-state index contributed by atoms with van der Waals surface area (Å²) in [5, 5.41) is 3.19. The average molecular weight is 255 g/mol. The van der Waals surface area contributed by atoms with Gasteiger partial charge >= 0.3 is 6.18 Å². The Morgan fingerprint density at radius 1 is 1.41 bits per heavy atom. The quantitative estimate of drug-likeness (QED) is 0.707. The van der Waals surface area contributed by atoms with Gasteiger partial charge in [0, 0.05) is 19.2 Å². The van der Waals surface area contributed by atoms with Crippen LogP contribution in [0, 0.1) is 0 Å². The van der Waals surface area contributed by atoms with Gasteiger partial charge < -0.3 is 14.8 Å². The number of alkyl halides is 3. The number of rotatable bonds is 7. The van der Waals surface area contributed by atoms with Crippen molar-refractivity contribution >= 4 is 0 Å². The molecule has 1 aliphatic heterocycles. The largest absolute Gasteiger partial charge is 0.391 e. The van der Waals surface area contributed by atoms with Crippen LogP contribution in [0.4, 0.5) is 13.2 Å². The predicted molar refractivity (Wildman–Crippen MR) is 57.9 cm³/mol. The Kier molecular flexibility index (Phi) is 6.22. The smallest absolute Gasteiger partial charge is 0.380 e. The van der Waals surface area contributed by atoms with Gasteiger partial charge in [-0.3, -0.25) is 0 Å². The van der Waals surface area contributed by atoms with E-state index in [4.69, 9.17) is 9.47 Å². The Morgan fingerprint density at radius 3 is 2.76 bits per heavy atom. The lowest BCUT2D eigenvalue weighted by atomic mass is 10.1. The van der Waals surface area contributed by atoms with Crippen molar-refractivity contribution in [2.24, 2.45) is 0 Å². The fourth-order valence-corrected chi connectivity index (χ4v) is 1.78. The lowest BCUT2D eigenvalue weighted by Gasteiger charge is -2.19. The van der Waals surface area contributed by atoms with Gasteiger partial charge in [0.25, 0.3) is 0 Å². The van der Waals surface area contributed by atoms with Gasteiger partial charge in [-0.1, -0.05) is 0 Å². The van der Waals surface area contributed by atoms with E-state index in [0.717, 1.165) is 19.4 Å². The molecule has 6 heteroatoms. The van der Waals surface area contributed by atoms with Gasteiger partial charge in [-0.2, -0.15) is 13.2 Å². The molecular formula is C11H20F3NO2. The van der Waals surface area contributed by atoms with Gasteiger partial charge in [0.05, 0.1) is 25.7 Å². The molecule has 0 amide bonds. The fraction of sp³-hybridized carbons (Fsp3) is 1.00. The summed E-state index contributed by atoms with van der Waals surface area (Å²) in [4.78, 5) is 0. The first kappa shape index (κ1) is 14.7. The van der Waals surface area contributed by atoms with Crippen molar-refractivity contribution < 1.29 is 22.6 Å². The summed E-state index contributed by atoms with van der Waals surface area (Å²) in [6.45, 7) is 3.41. The summed E-state index contributed by atoms with van der Waals surface area (Å²) < 4.78 is 45.7. The molecule has 2 unspecified atom stereocenters. The zero-order valence-electron chi connectivity index (χ0n) is 10.1.